The van der Waals surface area contributed by atoms with Crippen LogP contribution in [0.25, 0.3) is 5.41 Å². The number of quaternary nitrogens is 1. The first-order valence-electron chi connectivity index (χ1n) is 11.5. The number of morpholine rings is 2. The first-order valence-corrected chi connectivity index (χ1v) is 11.9. The second-order valence-electron chi connectivity index (χ2n) is 8.03. The molecule has 10 heteroatoms. The van der Waals surface area contributed by atoms with Gasteiger partial charge in [-0.2, -0.15) is 0 Å². The summed E-state index contributed by atoms with van der Waals surface area (Å²) in [4.78, 5) is 16.9. The first-order chi connectivity index (χ1) is 16.5. The molecule has 4 heterocycles. The molecular weight excluding hydrogens is 454 g/mol. The Morgan fingerprint density at radius 1 is 1.26 bits per heavy atom. The summed E-state index contributed by atoms with van der Waals surface area (Å²) in [6.45, 7) is 13.3. The average Bonchev–Trinajstić information content (AvgIpc) is 2.86. The molecule has 186 valence electrons. The molecule has 1 aromatic heterocycles. The minimum atomic E-state index is -0.557. The maximum Gasteiger partial charge on any atom is 0.337 e. The maximum absolute atomic E-state index is 12.5. The average molecular weight is 490 g/mol. The Morgan fingerprint density at radius 3 is 2.35 bits per heavy atom. The number of ether oxygens (including phenoxy) is 3. The molecule has 0 bridgehead atoms. The van der Waals surface area contributed by atoms with E-state index >= 15 is 0 Å². The quantitative estimate of drug-likeness (QED) is 0.245. The van der Waals surface area contributed by atoms with Crippen molar-refractivity contribution in [2.24, 2.45) is 0 Å². The third-order valence-electron chi connectivity index (χ3n) is 5.01. The summed E-state index contributed by atoms with van der Waals surface area (Å²) in [6.07, 6.45) is 3.02. The molecule has 9 nitrogen and oxygen atoms in total. The van der Waals surface area contributed by atoms with Gasteiger partial charge in [0, 0.05) is 36.8 Å². The Morgan fingerprint density at radius 2 is 1.94 bits per heavy atom. The topological polar surface area (TPSA) is 121 Å². The molecule has 0 radical (unpaired) electrons. The smallest absolute Gasteiger partial charge is 0.337 e. The SMILES string of the molecule is C1COCCN1.C1COCC[NH2+]1.CC1=C(C(=O)OC(C)C)C(c2cccnc2)C(=C=[N-])C(=S)N1. The van der Waals surface area contributed by atoms with Crippen molar-refractivity contribution >= 4 is 29.0 Å². The highest BCUT2D eigenvalue weighted by Gasteiger charge is 2.35. The van der Waals surface area contributed by atoms with Crippen LogP contribution in [0.5, 0.6) is 0 Å². The number of thiocarbonyl (C=S) groups is 1. The van der Waals surface area contributed by atoms with E-state index in [2.05, 4.69) is 26.8 Å². The zero-order valence-corrected chi connectivity index (χ0v) is 21.0. The normalized spacial score (nSPS) is 20.2. The predicted octanol–water partition coefficient (Wildman–Crippen LogP) is 0.673. The number of carbonyl (C=O) groups is 1. The molecule has 0 aliphatic carbocycles. The van der Waals surface area contributed by atoms with Crippen LogP contribution in [0.15, 0.2) is 41.4 Å². The van der Waals surface area contributed by atoms with Crippen molar-refractivity contribution in [2.75, 3.05) is 52.6 Å². The Kier molecular flexibility index (Phi) is 12.6. The predicted molar refractivity (Wildman–Crippen MR) is 135 cm³/mol. The summed E-state index contributed by atoms with van der Waals surface area (Å²) in [5.41, 5.74) is 2.05. The van der Waals surface area contributed by atoms with Crippen LogP contribution in [0.2, 0.25) is 0 Å². The van der Waals surface area contributed by atoms with Gasteiger partial charge in [0.25, 0.3) is 0 Å². The molecule has 3 aliphatic rings. The lowest BCUT2D eigenvalue weighted by molar-refractivity contribution is -0.670. The Bertz CT molecular complexity index is 842. The van der Waals surface area contributed by atoms with Crippen molar-refractivity contribution in [3.05, 3.63) is 52.3 Å². The van der Waals surface area contributed by atoms with Gasteiger partial charge in [-0.05, 0) is 32.4 Å². The number of aromatic nitrogens is 1. The maximum atomic E-state index is 12.5. The third-order valence-corrected chi connectivity index (χ3v) is 5.33. The van der Waals surface area contributed by atoms with Gasteiger partial charge >= 0.3 is 5.97 Å². The van der Waals surface area contributed by atoms with Crippen LogP contribution in [0.3, 0.4) is 0 Å². The number of allylic oxidation sites excluding steroid dienone is 1. The molecule has 1 atom stereocenters. The molecule has 0 aromatic carbocycles. The van der Waals surface area contributed by atoms with Gasteiger partial charge in [-0.1, -0.05) is 18.3 Å². The standard InChI is InChI=1S/C16H16N3O2S.2C4H9NO/c1-9(2)21-16(20)13-10(3)19-15(22)12(7-17)14(13)11-5-4-6-18-8-11;2*1-3-6-4-2-5-1/h4-6,8-9,14H,1-3H3,(H,19,22);2*5H,1-4H2/q-1;;/p+1. The molecule has 4 rings (SSSR count). The number of nitrogens with one attached hydrogen (secondary N) is 2. The molecular formula is C24H35N5O4S. The summed E-state index contributed by atoms with van der Waals surface area (Å²) in [7, 11) is 0. The molecule has 2 saturated heterocycles. The number of rotatable bonds is 3. The van der Waals surface area contributed by atoms with E-state index in [9.17, 15) is 10.2 Å². The van der Waals surface area contributed by atoms with Gasteiger partial charge in [-0.3, -0.25) is 10.9 Å². The van der Waals surface area contributed by atoms with E-state index in [1.54, 1.807) is 39.2 Å². The summed E-state index contributed by atoms with van der Waals surface area (Å²) in [5, 5.41) is 17.8. The number of hydrogen-bond acceptors (Lipinski definition) is 7. The van der Waals surface area contributed by atoms with Crippen molar-refractivity contribution < 1.29 is 24.3 Å². The summed E-state index contributed by atoms with van der Waals surface area (Å²) < 4.78 is 15.4. The minimum Gasteiger partial charge on any atom is -0.763 e. The van der Waals surface area contributed by atoms with E-state index in [0.29, 0.717) is 21.8 Å². The van der Waals surface area contributed by atoms with Gasteiger partial charge in [-0.15, -0.1) is 0 Å². The third kappa shape index (κ3) is 9.06. The lowest BCUT2D eigenvalue weighted by Gasteiger charge is -2.30. The number of hydrogen-bond donors (Lipinski definition) is 3. The highest BCUT2D eigenvalue weighted by Crippen LogP contribution is 2.36. The monoisotopic (exact) mass is 489 g/mol. The Hall–Kier alpha value is -2.46. The molecule has 0 spiro atoms. The number of nitrogens with zero attached hydrogens (tertiary/aromatic N) is 2. The fourth-order valence-corrected chi connectivity index (χ4v) is 3.75. The van der Waals surface area contributed by atoms with Gasteiger partial charge in [-0.25, -0.2) is 4.79 Å². The fraction of sp³-hybridized carbons (Fsp3) is 0.542. The van der Waals surface area contributed by atoms with E-state index in [0.717, 1.165) is 58.2 Å². The molecule has 34 heavy (non-hydrogen) atoms. The van der Waals surface area contributed by atoms with Crippen molar-refractivity contribution in [3.63, 3.8) is 0 Å². The second kappa shape index (κ2) is 15.4. The van der Waals surface area contributed by atoms with Crippen molar-refractivity contribution in [3.8, 4) is 0 Å². The Labute approximate surface area is 206 Å². The van der Waals surface area contributed by atoms with Crippen molar-refractivity contribution in [1.82, 2.24) is 15.6 Å². The highest BCUT2D eigenvalue weighted by atomic mass is 32.1. The van der Waals surface area contributed by atoms with Crippen LogP contribution < -0.4 is 16.0 Å². The zero-order valence-electron chi connectivity index (χ0n) is 20.1. The van der Waals surface area contributed by atoms with Gasteiger partial charge in [0.2, 0.25) is 0 Å². The number of esters is 1. The van der Waals surface area contributed by atoms with Crippen molar-refractivity contribution in [1.29, 1.82) is 0 Å². The second-order valence-corrected chi connectivity index (χ2v) is 8.44. The van der Waals surface area contributed by atoms with Gasteiger partial charge in [0.05, 0.1) is 57.1 Å². The van der Waals surface area contributed by atoms with Gasteiger partial charge in [0.1, 0.15) is 4.99 Å². The summed E-state index contributed by atoms with van der Waals surface area (Å²) >= 11 is 5.23. The molecule has 3 aliphatic heterocycles. The number of pyridine rings is 1. The van der Waals surface area contributed by atoms with Crippen molar-refractivity contribution in [2.45, 2.75) is 32.8 Å². The summed E-state index contributed by atoms with van der Waals surface area (Å²) in [5.74, 6) is 1.09. The van der Waals surface area contributed by atoms with Crippen LogP contribution in [0.4, 0.5) is 0 Å². The number of carbonyl (C=O) groups excluding carboxylic acids is 1. The van der Waals surface area contributed by atoms with Crippen LogP contribution in [0, 0.1) is 0 Å². The van der Waals surface area contributed by atoms with Crippen LogP contribution in [-0.2, 0) is 19.0 Å². The zero-order chi connectivity index (χ0) is 24.8. The largest absolute Gasteiger partial charge is 0.763 e. The number of nitrogens with two attached hydrogens (primary N) is 1. The van der Waals surface area contributed by atoms with Crippen LogP contribution in [0.1, 0.15) is 32.3 Å². The Balaban J connectivity index is 0.000000274. The van der Waals surface area contributed by atoms with Gasteiger partial charge < -0.3 is 35.6 Å². The highest BCUT2D eigenvalue weighted by molar-refractivity contribution is 7.80. The van der Waals surface area contributed by atoms with Gasteiger partial charge in [0.15, 0.2) is 0 Å². The lowest BCUT2D eigenvalue weighted by atomic mass is 9.82. The van der Waals surface area contributed by atoms with E-state index in [1.807, 2.05) is 6.07 Å². The molecule has 1 aromatic rings. The molecule has 4 N–H and O–H groups in total. The fourth-order valence-electron chi connectivity index (χ4n) is 3.44. The van der Waals surface area contributed by atoms with E-state index in [1.165, 1.54) is 0 Å². The first kappa shape index (κ1) is 27.8. The van der Waals surface area contributed by atoms with Crippen LogP contribution >= 0.6 is 12.2 Å². The molecule has 0 amide bonds. The molecule has 2 fully saturated rings. The van der Waals surface area contributed by atoms with Crippen LogP contribution in [-0.4, -0.2) is 80.5 Å². The summed E-state index contributed by atoms with van der Waals surface area (Å²) in [6, 6.07) is 3.58. The minimum absolute atomic E-state index is 0.248. The molecule has 0 saturated carbocycles. The molecule has 1 unspecified atom stereocenters. The van der Waals surface area contributed by atoms with E-state index < -0.39 is 11.9 Å². The van der Waals surface area contributed by atoms with E-state index in [-0.39, 0.29) is 6.10 Å². The van der Waals surface area contributed by atoms with E-state index in [4.69, 9.17) is 26.4 Å². The lowest BCUT2D eigenvalue weighted by Crippen LogP contribution is -2.87.